The highest BCUT2D eigenvalue weighted by Crippen LogP contribution is 2.31. The number of carbonyl (C=O) groups excluding carboxylic acids is 1. The van der Waals surface area contributed by atoms with Gasteiger partial charge in [-0.2, -0.15) is 13.2 Å². The van der Waals surface area contributed by atoms with Gasteiger partial charge in [-0.05, 0) is 55.2 Å². The third-order valence-corrected chi connectivity index (χ3v) is 7.20. The van der Waals surface area contributed by atoms with Gasteiger partial charge < -0.3 is 9.88 Å². The molecule has 0 bridgehead atoms. The molecule has 2 heterocycles. The number of sulfone groups is 1. The first-order chi connectivity index (χ1) is 15.5. The van der Waals surface area contributed by atoms with Crippen molar-refractivity contribution < 1.29 is 26.4 Å². The normalized spacial score (nSPS) is 17.0. The van der Waals surface area contributed by atoms with E-state index in [-0.39, 0.29) is 17.1 Å². The highest BCUT2D eigenvalue weighted by atomic mass is 35.5. The van der Waals surface area contributed by atoms with E-state index in [0.29, 0.717) is 36.9 Å². The Labute approximate surface area is 191 Å². The minimum atomic E-state index is -5.61. The fourth-order valence-electron chi connectivity index (χ4n) is 3.90. The van der Waals surface area contributed by atoms with Gasteiger partial charge in [0, 0.05) is 17.6 Å². The standard InChI is InChI=1S/C21H17ClF3N3O4S/c22-13-4-1-3-12(9-13)10-14-5-2-8-28(14)20(30)18-19(29)27-16-7-6-15(11-17(16)26-18)33(31,32)21(23,24)25/h1,3-4,6-7,9,11,14H,2,5,8,10H2,(H,27,29). The van der Waals surface area contributed by atoms with Gasteiger partial charge in [0.15, 0.2) is 5.69 Å². The molecule has 2 aromatic carbocycles. The third-order valence-electron chi connectivity index (χ3n) is 5.48. The SMILES string of the molecule is O=C(c1nc2cc(S(=O)(=O)C(F)(F)F)ccc2[nH]c1=O)N1CCCC1Cc1cccc(Cl)c1. The number of benzene rings is 2. The summed E-state index contributed by atoms with van der Waals surface area (Å²) in [7, 11) is -5.61. The molecule has 1 amide bonds. The molecule has 1 aromatic heterocycles. The summed E-state index contributed by atoms with van der Waals surface area (Å²) in [6.45, 7) is 0.381. The van der Waals surface area contributed by atoms with Crippen LogP contribution in [0, 0.1) is 0 Å². The quantitative estimate of drug-likeness (QED) is 0.589. The second-order valence-corrected chi connectivity index (χ2v) is 10.0. The lowest BCUT2D eigenvalue weighted by Crippen LogP contribution is -2.40. The van der Waals surface area contributed by atoms with E-state index in [9.17, 15) is 31.2 Å². The molecule has 0 radical (unpaired) electrons. The second kappa shape index (κ2) is 8.45. The van der Waals surface area contributed by atoms with E-state index in [2.05, 4.69) is 9.97 Å². The molecule has 174 valence electrons. The number of alkyl halides is 3. The number of nitrogens with one attached hydrogen (secondary N) is 1. The molecular formula is C21H17ClF3N3O4S. The monoisotopic (exact) mass is 499 g/mol. The molecule has 1 fully saturated rings. The topological polar surface area (TPSA) is 100 Å². The molecular weight excluding hydrogens is 483 g/mol. The summed E-state index contributed by atoms with van der Waals surface area (Å²) in [6, 6.07) is 9.39. The summed E-state index contributed by atoms with van der Waals surface area (Å²) in [5, 5.41) is 0.556. The Morgan fingerprint density at radius 1 is 1.21 bits per heavy atom. The number of likely N-dealkylation sites (tertiary alicyclic amines) is 1. The number of aromatic amines is 1. The van der Waals surface area contributed by atoms with Gasteiger partial charge in [0.25, 0.3) is 21.3 Å². The summed E-state index contributed by atoms with van der Waals surface area (Å²) in [5.74, 6) is -0.674. The maximum atomic E-state index is 13.1. The van der Waals surface area contributed by atoms with Crippen LogP contribution in [0.3, 0.4) is 0 Å². The molecule has 1 unspecified atom stereocenters. The summed E-state index contributed by atoms with van der Waals surface area (Å²) in [6.07, 6.45) is 1.90. The lowest BCUT2D eigenvalue weighted by atomic mass is 10.0. The lowest BCUT2D eigenvalue weighted by molar-refractivity contribution is -0.0436. The molecule has 12 heteroatoms. The van der Waals surface area contributed by atoms with E-state index in [1.165, 1.54) is 4.90 Å². The maximum Gasteiger partial charge on any atom is 0.501 e. The molecule has 33 heavy (non-hydrogen) atoms. The van der Waals surface area contributed by atoms with Crippen molar-refractivity contribution in [2.24, 2.45) is 0 Å². The van der Waals surface area contributed by atoms with E-state index in [1.54, 1.807) is 18.2 Å². The Kier molecular flexibility index (Phi) is 5.95. The average molecular weight is 500 g/mol. The zero-order valence-corrected chi connectivity index (χ0v) is 18.5. The first-order valence-electron chi connectivity index (χ1n) is 9.88. The summed E-state index contributed by atoms with van der Waals surface area (Å²) in [4.78, 5) is 32.4. The minimum absolute atomic E-state index is 0.00886. The van der Waals surface area contributed by atoms with Crippen molar-refractivity contribution in [3.05, 3.63) is 69.1 Å². The number of hydrogen-bond acceptors (Lipinski definition) is 5. The van der Waals surface area contributed by atoms with Crippen LogP contribution in [0.15, 0.2) is 52.2 Å². The smallest absolute Gasteiger partial charge is 0.334 e. The Morgan fingerprint density at radius 2 is 1.97 bits per heavy atom. The Morgan fingerprint density at radius 3 is 2.67 bits per heavy atom. The van der Waals surface area contributed by atoms with E-state index in [1.807, 2.05) is 6.07 Å². The van der Waals surface area contributed by atoms with Crippen LogP contribution in [0.2, 0.25) is 5.02 Å². The molecule has 1 N–H and O–H groups in total. The molecule has 1 aliphatic heterocycles. The van der Waals surface area contributed by atoms with E-state index in [0.717, 1.165) is 17.7 Å². The van der Waals surface area contributed by atoms with Gasteiger partial charge in [-0.3, -0.25) is 9.59 Å². The fraction of sp³-hybridized carbons (Fsp3) is 0.286. The largest absolute Gasteiger partial charge is 0.501 e. The third kappa shape index (κ3) is 4.47. The number of hydrogen-bond donors (Lipinski definition) is 1. The van der Waals surface area contributed by atoms with Gasteiger partial charge in [-0.25, -0.2) is 13.4 Å². The number of amides is 1. The number of carbonyl (C=O) groups is 1. The predicted molar refractivity (Wildman–Crippen MR) is 115 cm³/mol. The molecule has 4 rings (SSSR count). The first-order valence-corrected chi connectivity index (χ1v) is 11.7. The van der Waals surface area contributed by atoms with Crippen LogP contribution in [-0.2, 0) is 16.3 Å². The summed E-state index contributed by atoms with van der Waals surface area (Å²) >= 11 is 6.03. The second-order valence-electron chi connectivity index (χ2n) is 7.67. The highest BCUT2D eigenvalue weighted by Gasteiger charge is 2.47. The van der Waals surface area contributed by atoms with Gasteiger partial charge in [-0.1, -0.05) is 23.7 Å². The van der Waals surface area contributed by atoms with Crippen LogP contribution < -0.4 is 5.56 Å². The lowest BCUT2D eigenvalue weighted by Gasteiger charge is -2.24. The Balaban J connectivity index is 1.68. The molecule has 0 spiro atoms. The molecule has 7 nitrogen and oxygen atoms in total. The van der Waals surface area contributed by atoms with Crippen molar-refractivity contribution in [2.45, 2.75) is 35.7 Å². The number of fused-ring (bicyclic) bond motifs is 1. The van der Waals surface area contributed by atoms with Gasteiger partial charge >= 0.3 is 5.51 Å². The molecule has 1 atom stereocenters. The molecule has 1 saturated heterocycles. The van der Waals surface area contributed by atoms with Crippen molar-refractivity contribution in [1.29, 1.82) is 0 Å². The first kappa shape index (κ1) is 23.2. The van der Waals surface area contributed by atoms with Crippen molar-refractivity contribution >= 4 is 38.4 Å². The van der Waals surface area contributed by atoms with Gasteiger partial charge in [0.1, 0.15) is 0 Å². The van der Waals surface area contributed by atoms with E-state index >= 15 is 0 Å². The molecule has 0 aliphatic carbocycles. The number of nitrogens with zero attached hydrogens (tertiary/aromatic N) is 2. The number of H-pyrrole nitrogens is 1. The zero-order chi connectivity index (χ0) is 24.0. The molecule has 0 saturated carbocycles. The summed E-state index contributed by atoms with van der Waals surface area (Å²) in [5.41, 5.74) is -6.14. The van der Waals surface area contributed by atoms with Gasteiger partial charge in [0.05, 0.1) is 15.9 Å². The Bertz CT molecular complexity index is 1410. The molecule has 1 aliphatic rings. The van der Waals surface area contributed by atoms with E-state index in [4.69, 9.17) is 11.6 Å². The Hall–Kier alpha value is -2.92. The summed E-state index contributed by atoms with van der Waals surface area (Å²) < 4.78 is 62.2. The van der Waals surface area contributed by atoms with Crippen LogP contribution in [0.1, 0.15) is 28.9 Å². The van der Waals surface area contributed by atoms with Crippen molar-refractivity contribution in [1.82, 2.24) is 14.9 Å². The van der Waals surface area contributed by atoms with Crippen LogP contribution in [0.25, 0.3) is 11.0 Å². The zero-order valence-electron chi connectivity index (χ0n) is 16.9. The number of rotatable bonds is 4. The number of halogens is 4. The fourth-order valence-corrected chi connectivity index (χ4v) is 4.89. The van der Waals surface area contributed by atoms with Crippen molar-refractivity contribution in [2.75, 3.05) is 6.54 Å². The maximum absolute atomic E-state index is 13.1. The minimum Gasteiger partial charge on any atom is -0.334 e. The van der Waals surface area contributed by atoms with Gasteiger partial charge in [-0.15, -0.1) is 0 Å². The highest BCUT2D eigenvalue weighted by molar-refractivity contribution is 7.92. The van der Waals surface area contributed by atoms with Crippen molar-refractivity contribution in [3.8, 4) is 0 Å². The number of aromatic nitrogens is 2. The van der Waals surface area contributed by atoms with Gasteiger partial charge in [0.2, 0.25) is 0 Å². The average Bonchev–Trinajstić information content (AvgIpc) is 3.19. The van der Waals surface area contributed by atoms with Crippen LogP contribution in [0.5, 0.6) is 0 Å². The predicted octanol–water partition coefficient (Wildman–Crippen LogP) is 3.72. The van der Waals surface area contributed by atoms with Crippen LogP contribution in [-0.4, -0.2) is 47.3 Å². The van der Waals surface area contributed by atoms with Crippen LogP contribution >= 0.6 is 11.6 Å². The van der Waals surface area contributed by atoms with Crippen molar-refractivity contribution in [3.63, 3.8) is 0 Å². The van der Waals surface area contributed by atoms with E-state index < -0.39 is 37.4 Å². The molecule has 3 aromatic rings. The van der Waals surface area contributed by atoms with Crippen LogP contribution in [0.4, 0.5) is 13.2 Å².